The van der Waals surface area contributed by atoms with Gasteiger partial charge >= 0.3 is 5.97 Å². The van der Waals surface area contributed by atoms with Crippen LogP contribution in [0.1, 0.15) is 52.6 Å². The van der Waals surface area contributed by atoms with Crippen LogP contribution in [0, 0.1) is 10.1 Å². The Morgan fingerprint density at radius 1 is 0.938 bits per heavy atom. The highest BCUT2D eigenvalue weighted by Gasteiger charge is 2.15. The van der Waals surface area contributed by atoms with Crippen LogP contribution in [0.2, 0.25) is 0 Å². The molecule has 0 saturated carbocycles. The second-order valence-corrected chi connectivity index (χ2v) is 8.36. The molecule has 7 nitrogen and oxygen atoms in total. The number of carbonyl (C=O) groups excluding carboxylic acids is 2. The molecule has 3 aromatic carbocycles. The van der Waals surface area contributed by atoms with E-state index in [4.69, 9.17) is 4.74 Å². The smallest absolute Gasteiger partial charge is 0.338 e. The molecule has 0 aliphatic rings. The van der Waals surface area contributed by atoms with Gasteiger partial charge in [0, 0.05) is 23.4 Å². The maximum absolute atomic E-state index is 12.6. The van der Waals surface area contributed by atoms with Crippen LogP contribution in [-0.4, -0.2) is 16.8 Å². The second kappa shape index (κ2) is 9.43. The van der Waals surface area contributed by atoms with E-state index in [0.717, 1.165) is 5.56 Å². The van der Waals surface area contributed by atoms with Crippen molar-refractivity contribution in [2.75, 3.05) is 5.32 Å². The Morgan fingerprint density at radius 3 is 2.19 bits per heavy atom. The first-order valence-corrected chi connectivity index (χ1v) is 10.1. The van der Waals surface area contributed by atoms with Gasteiger partial charge in [0.2, 0.25) is 0 Å². The van der Waals surface area contributed by atoms with E-state index in [1.165, 1.54) is 24.3 Å². The Bertz CT molecular complexity index is 1130. The van der Waals surface area contributed by atoms with Gasteiger partial charge in [0.15, 0.2) is 0 Å². The third-order valence-electron chi connectivity index (χ3n) is 4.89. The first-order chi connectivity index (χ1) is 15.1. The van der Waals surface area contributed by atoms with Crippen LogP contribution >= 0.6 is 0 Å². The van der Waals surface area contributed by atoms with Crippen LogP contribution in [0.4, 0.5) is 11.4 Å². The highest BCUT2D eigenvalue weighted by Crippen LogP contribution is 2.22. The molecule has 0 heterocycles. The maximum atomic E-state index is 12.6. The zero-order chi connectivity index (χ0) is 23.3. The molecule has 0 aliphatic heterocycles. The highest BCUT2D eigenvalue weighted by molar-refractivity contribution is 6.04. The summed E-state index contributed by atoms with van der Waals surface area (Å²) in [6.45, 7) is 6.30. The van der Waals surface area contributed by atoms with Crippen LogP contribution in [0.3, 0.4) is 0 Å². The molecule has 0 aromatic heterocycles. The fraction of sp³-hybridized carbons (Fsp3) is 0.200. The second-order valence-electron chi connectivity index (χ2n) is 8.36. The number of nitrogens with zero attached hydrogens (tertiary/aromatic N) is 1. The summed E-state index contributed by atoms with van der Waals surface area (Å²) in [4.78, 5) is 35.2. The Morgan fingerprint density at radius 2 is 1.59 bits per heavy atom. The average molecular weight is 432 g/mol. The molecule has 1 amide bonds. The zero-order valence-corrected chi connectivity index (χ0v) is 18.1. The van der Waals surface area contributed by atoms with Gasteiger partial charge in [0.05, 0.1) is 10.5 Å². The monoisotopic (exact) mass is 432 g/mol. The summed E-state index contributed by atoms with van der Waals surface area (Å²) in [5.41, 5.74) is 3.00. The standard InChI is InChI=1S/C25H24N2O5/c1-25(2,3)20-11-9-18(10-12-20)23(28)26-21-6-4-5-19(15-21)24(29)32-16-17-7-13-22(14-8-17)27(30)31/h4-15H,16H2,1-3H3,(H,26,28). The SMILES string of the molecule is CC(C)(C)c1ccc(C(=O)Nc2cccc(C(=O)OCc3ccc([N+](=O)[O-])cc3)c2)cc1. The van der Waals surface area contributed by atoms with Gasteiger partial charge in [-0.2, -0.15) is 0 Å². The van der Waals surface area contributed by atoms with Crippen molar-refractivity contribution >= 4 is 23.3 Å². The number of nitro benzene ring substituents is 1. The number of ether oxygens (including phenoxy) is 1. The molecule has 0 bridgehead atoms. The van der Waals surface area contributed by atoms with Gasteiger partial charge in [-0.1, -0.05) is 39.0 Å². The molecular weight excluding hydrogens is 408 g/mol. The van der Waals surface area contributed by atoms with Gasteiger partial charge in [-0.15, -0.1) is 0 Å². The minimum Gasteiger partial charge on any atom is -0.457 e. The lowest BCUT2D eigenvalue weighted by molar-refractivity contribution is -0.384. The number of non-ortho nitro benzene ring substituents is 1. The van der Waals surface area contributed by atoms with E-state index >= 15 is 0 Å². The van der Waals surface area contributed by atoms with Gasteiger partial charge in [0.1, 0.15) is 6.61 Å². The summed E-state index contributed by atoms with van der Waals surface area (Å²) in [5.74, 6) is -0.837. The number of anilines is 1. The van der Waals surface area contributed by atoms with Crippen LogP contribution in [0.15, 0.2) is 72.8 Å². The van der Waals surface area contributed by atoms with Crippen LogP contribution in [-0.2, 0) is 16.8 Å². The van der Waals surface area contributed by atoms with E-state index in [0.29, 0.717) is 16.8 Å². The molecule has 0 aliphatic carbocycles. The largest absolute Gasteiger partial charge is 0.457 e. The van der Waals surface area contributed by atoms with Crippen molar-refractivity contribution in [2.24, 2.45) is 0 Å². The third kappa shape index (κ3) is 5.78. The fourth-order valence-corrected chi connectivity index (χ4v) is 2.99. The molecule has 0 radical (unpaired) electrons. The van der Waals surface area contributed by atoms with Crippen molar-refractivity contribution in [1.29, 1.82) is 0 Å². The Kier molecular flexibility index (Phi) is 6.68. The quantitative estimate of drug-likeness (QED) is 0.315. The lowest BCUT2D eigenvalue weighted by atomic mass is 9.87. The summed E-state index contributed by atoms with van der Waals surface area (Å²) in [6.07, 6.45) is 0. The van der Waals surface area contributed by atoms with E-state index in [1.54, 1.807) is 36.4 Å². The Hall–Kier alpha value is -4.00. The third-order valence-corrected chi connectivity index (χ3v) is 4.89. The Labute approximate surface area is 186 Å². The van der Waals surface area contributed by atoms with E-state index in [9.17, 15) is 19.7 Å². The number of rotatable bonds is 6. The number of nitrogens with one attached hydrogen (secondary N) is 1. The maximum Gasteiger partial charge on any atom is 0.338 e. The zero-order valence-electron chi connectivity index (χ0n) is 18.1. The normalized spacial score (nSPS) is 11.0. The van der Waals surface area contributed by atoms with Crippen LogP contribution < -0.4 is 5.32 Å². The number of nitro groups is 1. The topological polar surface area (TPSA) is 98.5 Å². The van der Waals surface area contributed by atoms with Crippen molar-refractivity contribution in [3.63, 3.8) is 0 Å². The first kappa shape index (κ1) is 22.7. The van der Waals surface area contributed by atoms with Gasteiger partial charge in [0.25, 0.3) is 11.6 Å². The van der Waals surface area contributed by atoms with Gasteiger partial charge in [-0.3, -0.25) is 14.9 Å². The molecular formula is C25H24N2O5. The lowest BCUT2D eigenvalue weighted by Crippen LogP contribution is -2.14. The van der Waals surface area contributed by atoms with Crippen LogP contribution in [0.25, 0.3) is 0 Å². The molecule has 0 fully saturated rings. The van der Waals surface area contributed by atoms with Gasteiger partial charge in [-0.05, 0) is 59.0 Å². The van der Waals surface area contributed by atoms with Gasteiger partial charge in [-0.25, -0.2) is 4.79 Å². The molecule has 7 heteroatoms. The minimum absolute atomic E-state index is 0.00182. The summed E-state index contributed by atoms with van der Waals surface area (Å²) < 4.78 is 5.28. The molecule has 0 atom stereocenters. The molecule has 3 aromatic rings. The molecule has 164 valence electrons. The van der Waals surface area contributed by atoms with Gasteiger partial charge < -0.3 is 10.1 Å². The lowest BCUT2D eigenvalue weighted by Gasteiger charge is -2.19. The molecule has 3 rings (SSSR count). The van der Waals surface area contributed by atoms with Crippen LogP contribution in [0.5, 0.6) is 0 Å². The first-order valence-electron chi connectivity index (χ1n) is 10.1. The van der Waals surface area contributed by atoms with E-state index in [-0.39, 0.29) is 29.2 Å². The summed E-state index contributed by atoms with van der Waals surface area (Å²) in [6, 6.07) is 19.7. The van der Waals surface area contributed by atoms with E-state index in [2.05, 4.69) is 26.1 Å². The van der Waals surface area contributed by atoms with Crippen molar-refractivity contribution in [1.82, 2.24) is 0 Å². The molecule has 0 saturated heterocycles. The number of hydrogen-bond donors (Lipinski definition) is 1. The number of carbonyl (C=O) groups is 2. The van der Waals surface area contributed by atoms with E-state index < -0.39 is 10.9 Å². The molecule has 0 unspecified atom stereocenters. The van der Waals surface area contributed by atoms with Crippen molar-refractivity contribution in [3.8, 4) is 0 Å². The van der Waals surface area contributed by atoms with Crippen molar-refractivity contribution < 1.29 is 19.2 Å². The number of hydrogen-bond acceptors (Lipinski definition) is 5. The molecule has 32 heavy (non-hydrogen) atoms. The number of esters is 1. The number of benzene rings is 3. The fourth-order valence-electron chi connectivity index (χ4n) is 2.99. The summed E-state index contributed by atoms with van der Waals surface area (Å²) in [7, 11) is 0. The summed E-state index contributed by atoms with van der Waals surface area (Å²) >= 11 is 0. The minimum atomic E-state index is -0.561. The summed E-state index contributed by atoms with van der Waals surface area (Å²) in [5, 5.41) is 13.5. The number of amides is 1. The van der Waals surface area contributed by atoms with Crippen molar-refractivity contribution in [3.05, 3.63) is 105 Å². The predicted octanol–water partition coefficient (Wildman–Crippen LogP) is 5.50. The molecule has 0 spiro atoms. The average Bonchev–Trinajstić information content (AvgIpc) is 2.77. The highest BCUT2D eigenvalue weighted by atomic mass is 16.6. The van der Waals surface area contributed by atoms with E-state index in [1.807, 2.05) is 12.1 Å². The Balaban J connectivity index is 1.62. The predicted molar refractivity (Wildman–Crippen MR) is 122 cm³/mol. The van der Waals surface area contributed by atoms with Crippen molar-refractivity contribution in [2.45, 2.75) is 32.8 Å². The molecule has 1 N–H and O–H groups in total.